The number of aliphatic imine (C=N–C) groups is 1. The zero-order valence-corrected chi connectivity index (χ0v) is 19.0. The van der Waals surface area contributed by atoms with E-state index in [1.165, 1.54) is 30.6 Å². The molecule has 1 aliphatic rings. The first kappa shape index (κ1) is 24.2. The van der Waals surface area contributed by atoms with E-state index in [-0.39, 0.29) is 28.8 Å². The number of hydrogen-bond acceptors (Lipinski definition) is 6. The SMILES string of the molecule is C=CN=C/C(=C\N)C(=O)NC1(C(=O)NCc2ccc(Oc3ccc(O)cc3Cl)cc2Cl)CC1. The number of aromatic hydroxyl groups is 1. The number of hydrogen-bond donors (Lipinski definition) is 4. The molecule has 2 amide bonds. The van der Waals surface area contributed by atoms with Gasteiger partial charge in [-0.3, -0.25) is 14.6 Å². The van der Waals surface area contributed by atoms with E-state index in [1.807, 2.05) is 0 Å². The molecule has 8 nitrogen and oxygen atoms in total. The first-order chi connectivity index (χ1) is 15.8. The summed E-state index contributed by atoms with van der Waals surface area (Å²) in [4.78, 5) is 28.9. The normalized spacial score (nSPS) is 14.5. The van der Waals surface area contributed by atoms with Crippen molar-refractivity contribution >= 4 is 41.2 Å². The second kappa shape index (κ2) is 10.4. The van der Waals surface area contributed by atoms with Crippen molar-refractivity contribution in [2.75, 3.05) is 0 Å². The number of benzene rings is 2. The summed E-state index contributed by atoms with van der Waals surface area (Å²) in [6.07, 6.45) is 4.68. The largest absolute Gasteiger partial charge is 0.508 e. The molecule has 172 valence electrons. The van der Waals surface area contributed by atoms with Gasteiger partial charge in [-0.25, -0.2) is 0 Å². The van der Waals surface area contributed by atoms with Crippen LogP contribution < -0.4 is 21.1 Å². The van der Waals surface area contributed by atoms with Gasteiger partial charge < -0.3 is 26.2 Å². The van der Waals surface area contributed by atoms with Crippen molar-refractivity contribution in [3.63, 3.8) is 0 Å². The van der Waals surface area contributed by atoms with Crippen LogP contribution in [0.5, 0.6) is 17.2 Å². The number of phenols is 1. The molecule has 10 heteroatoms. The van der Waals surface area contributed by atoms with Crippen LogP contribution in [0.1, 0.15) is 18.4 Å². The van der Waals surface area contributed by atoms with Gasteiger partial charge in [-0.1, -0.05) is 35.8 Å². The predicted octanol–water partition coefficient (Wildman–Crippen LogP) is 3.81. The minimum atomic E-state index is -0.988. The molecular weight excluding hydrogens is 467 g/mol. The second-order valence-corrected chi connectivity index (χ2v) is 8.09. The van der Waals surface area contributed by atoms with E-state index in [1.54, 1.807) is 18.2 Å². The van der Waals surface area contributed by atoms with Crippen molar-refractivity contribution in [1.82, 2.24) is 10.6 Å². The van der Waals surface area contributed by atoms with Gasteiger partial charge in [0.25, 0.3) is 5.91 Å². The molecule has 3 rings (SSSR count). The molecule has 0 atom stereocenters. The van der Waals surface area contributed by atoms with Crippen LogP contribution in [0.2, 0.25) is 10.0 Å². The quantitative estimate of drug-likeness (QED) is 0.315. The topological polar surface area (TPSA) is 126 Å². The highest BCUT2D eigenvalue weighted by Gasteiger charge is 2.51. The van der Waals surface area contributed by atoms with Gasteiger partial charge in [0.1, 0.15) is 22.8 Å². The first-order valence-corrected chi connectivity index (χ1v) is 10.6. The zero-order valence-electron chi connectivity index (χ0n) is 17.5. The number of nitrogens with zero attached hydrogens (tertiary/aromatic N) is 1. The average Bonchev–Trinajstić information content (AvgIpc) is 3.56. The summed E-state index contributed by atoms with van der Waals surface area (Å²) >= 11 is 12.4. The Bertz CT molecular complexity index is 1140. The fourth-order valence-electron chi connectivity index (χ4n) is 2.91. The molecule has 33 heavy (non-hydrogen) atoms. The summed E-state index contributed by atoms with van der Waals surface area (Å²) in [5.41, 5.74) is 5.27. The van der Waals surface area contributed by atoms with E-state index < -0.39 is 11.4 Å². The maximum Gasteiger partial charge on any atom is 0.255 e. The van der Waals surface area contributed by atoms with Gasteiger partial charge in [0, 0.05) is 36.2 Å². The average molecular weight is 489 g/mol. The number of phenolic OH excluding ortho intramolecular Hbond substituents is 1. The summed E-state index contributed by atoms with van der Waals surface area (Å²) in [7, 11) is 0. The molecule has 0 spiro atoms. The zero-order chi connectivity index (χ0) is 24.0. The minimum absolute atomic E-state index is 0.0289. The fourth-order valence-corrected chi connectivity index (χ4v) is 3.36. The summed E-state index contributed by atoms with van der Waals surface area (Å²) in [6, 6.07) is 9.36. The molecule has 2 aromatic carbocycles. The minimum Gasteiger partial charge on any atom is -0.508 e. The molecule has 0 aliphatic heterocycles. The van der Waals surface area contributed by atoms with E-state index in [4.69, 9.17) is 33.7 Å². The van der Waals surface area contributed by atoms with Gasteiger partial charge in [0.05, 0.1) is 10.6 Å². The smallest absolute Gasteiger partial charge is 0.255 e. The van der Waals surface area contributed by atoms with Crippen LogP contribution in [-0.2, 0) is 16.1 Å². The summed E-state index contributed by atoms with van der Waals surface area (Å²) in [5, 5.41) is 15.6. The Morgan fingerprint density at radius 2 is 1.97 bits per heavy atom. The summed E-state index contributed by atoms with van der Waals surface area (Å²) < 4.78 is 5.70. The third-order valence-electron chi connectivity index (χ3n) is 4.91. The Labute approximate surface area is 200 Å². The molecule has 0 unspecified atom stereocenters. The predicted molar refractivity (Wildman–Crippen MR) is 128 cm³/mol. The molecular formula is C23H22Cl2N4O4. The lowest BCUT2D eigenvalue weighted by molar-refractivity contribution is -0.128. The highest BCUT2D eigenvalue weighted by Crippen LogP contribution is 2.36. The summed E-state index contributed by atoms with van der Waals surface area (Å²) in [6.45, 7) is 3.60. The number of nitrogens with two attached hydrogens (primary N) is 1. The Balaban J connectivity index is 1.60. The second-order valence-electron chi connectivity index (χ2n) is 7.27. The lowest BCUT2D eigenvalue weighted by Crippen LogP contribution is -2.49. The van der Waals surface area contributed by atoms with E-state index in [0.29, 0.717) is 34.9 Å². The molecule has 5 N–H and O–H groups in total. The number of halogens is 2. The van der Waals surface area contributed by atoms with Crippen molar-refractivity contribution in [2.24, 2.45) is 10.7 Å². The van der Waals surface area contributed by atoms with Gasteiger partial charge in [-0.15, -0.1) is 0 Å². The first-order valence-electron chi connectivity index (χ1n) is 9.89. The van der Waals surface area contributed by atoms with Gasteiger partial charge in [0.2, 0.25) is 5.91 Å². The van der Waals surface area contributed by atoms with Gasteiger partial charge in [0.15, 0.2) is 0 Å². The van der Waals surface area contributed by atoms with Crippen LogP contribution in [0.4, 0.5) is 0 Å². The highest BCUT2D eigenvalue weighted by molar-refractivity contribution is 6.32. The molecule has 0 aromatic heterocycles. The molecule has 0 saturated heterocycles. The van der Waals surface area contributed by atoms with E-state index in [9.17, 15) is 14.7 Å². The Kier molecular flexibility index (Phi) is 7.63. The Morgan fingerprint density at radius 1 is 1.21 bits per heavy atom. The lowest BCUT2D eigenvalue weighted by Gasteiger charge is -2.18. The fraction of sp³-hybridized carbons (Fsp3) is 0.174. The van der Waals surface area contributed by atoms with Gasteiger partial charge >= 0.3 is 0 Å². The molecule has 1 aliphatic carbocycles. The van der Waals surface area contributed by atoms with Crippen LogP contribution in [-0.4, -0.2) is 28.7 Å². The third-order valence-corrected chi connectivity index (χ3v) is 5.55. The van der Waals surface area contributed by atoms with Crippen LogP contribution in [0.3, 0.4) is 0 Å². The number of nitrogens with one attached hydrogen (secondary N) is 2. The van der Waals surface area contributed by atoms with Crippen molar-refractivity contribution in [1.29, 1.82) is 0 Å². The number of carbonyl (C=O) groups is 2. The molecule has 0 heterocycles. The van der Waals surface area contributed by atoms with Crippen molar-refractivity contribution in [2.45, 2.75) is 24.9 Å². The van der Waals surface area contributed by atoms with Gasteiger partial charge in [-0.2, -0.15) is 0 Å². The van der Waals surface area contributed by atoms with Crippen LogP contribution in [0.15, 0.2) is 65.9 Å². The molecule has 1 saturated carbocycles. The molecule has 0 radical (unpaired) electrons. The van der Waals surface area contributed by atoms with Crippen LogP contribution in [0, 0.1) is 0 Å². The Hall–Kier alpha value is -3.49. The van der Waals surface area contributed by atoms with Crippen molar-refractivity contribution in [3.8, 4) is 17.2 Å². The lowest BCUT2D eigenvalue weighted by atomic mass is 10.1. The number of ether oxygens (including phenoxy) is 1. The number of carbonyl (C=O) groups excluding carboxylic acids is 2. The van der Waals surface area contributed by atoms with Crippen molar-refractivity contribution in [3.05, 3.63) is 76.6 Å². The number of amides is 2. The van der Waals surface area contributed by atoms with Crippen LogP contribution >= 0.6 is 23.2 Å². The maximum atomic E-state index is 12.7. The molecule has 1 fully saturated rings. The van der Waals surface area contributed by atoms with E-state index in [0.717, 1.165) is 6.20 Å². The molecule has 0 bridgehead atoms. The number of rotatable bonds is 9. The third kappa shape index (κ3) is 6.06. The maximum absolute atomic E-state index is 12.7. The van der Waals surface area contributed by atoms with Gasteiger partial charge in [-0.05, 0) is 42.7 Å². The Morgan fingerprint density at radius 3 is 2.58 bits per heavy atom. The summed E-state index contributed by atoms with van der Waals surface area (Å²) in [5.74, 6) is 0.0162. The van der Waals surface area contributed by atoms with E-state index in [2.05, 4.69) is 22.2 Å². The van der Waals surface area contributed by atoms with Crippen molar-refractivity contribution < 1.29 is 19.4 Å². The standard InChI is InChI=1S/C23H22Cl2N4O4/c1-2-27-12-15(11-26)21(31)29-23(7-8-23)22(32)28-13-14-3-5-17(10-18(14)24)33-20-6-4-16(30)9-19(20)25/h2-6,9-12,30H,1,7-8,13,26H2,(H,28,32)(H,29,31)/b15-11+,27-12?. The highest BCUT2D eigenvalue weighted by atomic mass is 35.5. The monoisotopic (exact) mass is 488 g/mol. The van der Waals surface area contributed by atoms with Crippen LogP contribution in [0.25, 0.3) is 0 Å². The van der Waals surface area contributed by atoms with E-state index >= 15 is 0 Å². The molecule has 2 aromatic rings.